The minimum atomic E-state index is -3.32. The molecule has 2 aromatic carbocycles. The Balaban J connectivity index is 1.44. The molecule has 8 heteroatoms. The second-order valence-electron chi connectivity index (χ2n) is 6.83. The van der Waals surface area contributed by atoms with Crippen LogP contribution in [0.25, 0.3) is 0 Å². The van der Waals surface area contributed by atoms with Crippen LogP contribution in [0.5, 0.6) is 5.75 Å². The van der Waals surface area contributed by atoms with Crippen LogP contribution in [0.3, 0.4) is 0 Å². The average Bonchev–Trinajstić information content (AvgIpc) is 3.24. The number of carbonyl (C=O) groups excluding carboxylic acids is 1. The molecular weight excluding hydrogens is 404 g/mol. The number of nitrogens with one attached hydrogen (secondary N) is 1. The van der Waals surface area contributed by atoms with E-state index < -0.39 is 21.8 Å². The van der Waals surface area contributed by atoms with E-state index in [0.717, 1.165) is 0 Å². The number of nitriles is 1. The number of carbonyl (C=O) groups is 1. The number of para-hydroxylation sites is 1. The quantitative estimate of drug-likeness (QED) is 0.675. The van der Waals surface area contributed by atoms with Gasteiger partial charge in [0.15, 0.2) is 15.6 Å². The van der Waals surface area contributed by atoms with Crippen LogP contribution in [0, 0.1) is 11.3 Å². The van der Waals surface area contributed by atoms with Crippen molar-refractivity contribution in [2.45, 2.75) is 24.0 Å². The fraction of sp³-hybridized carbons (Fsp3) is 0.182. The van der Waals surface area contributed by atoms with Gasteiger partial charge in [0.25, 0.3) is 5.91 Å². The van der Waals surface area contributed by atoms with Gasteiger partial charge in [-0.1, -0.05) is 30.3 Å². The Morgan fingerprint density at radius 2 is 1.90 bits per heavy atom. The average molecular weight is 422 g/mol. The zero-order valence-corrected chi connectivity index (χ0v) is 16.7. The van der Waals surface area contributed by atoms with Crippen LogP contribution >= 0.6 is 0 Å². The van der Waals surface area contributed by atoms with Gasteiger partial charge in [0, 0.05) is 0 Å². The molecule has 152 valence electrons. The summed E-state index contributed by atoms with van der Waals surface area (Å²) in [6.07, 6.45) is 0.298. The molecule has 0 aliphatic carbocycles. The van der Waals surface area contributed by atoms with Crippen molar-refractivity contribution in [3.05, 3.63) is 83.3 Å². The molecule has 4 rings (SSSR count). The molecule has 0 fully saturated rings. The number of sulfone groups is 1. The minimum absolute atomic E-state index is 0.0233. The van der Waals surface area contributed by atoms with Gasteiger partial charge in [-0.3, -0.25) is 4.79 Å². The highest BCUT2D eigenvalue weighted by atomic mass is 32.2. The molecule has 1 unspecified atom stereocenters. The van der Waals surface area contributed by atoms with Gasteiger partial charge < -0.3 is 14.5 Å². The number of amides is 1. The molecule has 0 saturated heterocycles. The summed E-state index contributed by atoms with van der Waals surface area (Å²) in [5.41, 5.74) is 0.994. The number of benzene rings is 2. The summed E-state index contributed by atoms with van der Waals surface area (Å²) in [5, 5.41) is 12.0. The number of rotatable bonds is 5. The molecule has 0 spiro atoms. The van der Waals surface area contributed by atoms with Gasteiger partial charge in [-0.25, -0.2) is 8.42 Å². The number of hydrogen-bond donors (Lipinski definition) is 1. The number of nitrogens with zero attached hydrogens (tertiary/aromatic N) is 1. The van der Waals surface area contributed by atoms with Gasteiger partial charge in [0.2, 0.25) is 0 Å². The number of ether oxygens (including phenoxy) is 1. The monoisotopic (exact) mass is 422 g/mol. The maximum atomic E-state index is 12.6. The topological polar surface area (TPSA) is 109 Å². The van der Waals surface area contributed by atoms with Crippen molar-refractivity contribution in [2.75, 3.05) is 5.75 Å². The van der Waals surface area contributed by atoms with Crippen LogP contribution in [0.4, 0.5) is 0 Å². The van der Waals surface area contributed by atoms with Crippen LogP contribution in [-0.2, 0) is 16.4 Å². The van der Waals surface area contributed by atoms with Gasteiger partial charge in [-0.15, -0.1) is 0 Å². The highest BCUT2D eigenvalue weighted by Crippen LogP contribution is 2.32. The van der Waals surface area contributed by atoms with Crippen molar-refractivity contribution < 1.29 is 22.4 Å². The van der Waals surface area contributed by atoms with E-state index in [1.165, 1.54) is 6.07 Å². The normalized spacial score (nSPS) is 16.8. The fourth-order valence-electron chi connectivity index (χ4n) is 3.38. The Kier molecular flexibility index (Phi) is 5.29. The van der Waals surface area contributed by atoms with Gasteiger partial charge in [-0.05, 0) is 42.3 Å². The van der Waals surface area contributed by atoms with E-state index in [1.807, 2.05) is 0 Å². The molecule has 1 aliphatic rings. The summed E-state index contributed by atoms with van der Waals surface area (Å²) >= 11 is 0. The smallest absolute Gasteiger partial charge is 0.287 e. The summed E-state index contributed by atoms with van der Waals surface area (Å²) in [4.78, 5) is 12.9. The summed E-state index contributed by atoms with van der Waals surface area (Å²) in [6, 6.07) is 18.3. The number of hydrogen-bond acceptors (Lipinski definition) is 6. The molecule has 0 saturated carbocycles. The first-order chi connectivity index (χ1) is 14.5. The Morgan fingerprint density at radius 1 is 1.13 bits per heavy atom. The van der Waals surface area contributed by atoms with E-state index in [9.17, 15) is 13.2 Å². The van der Waals surface area contributed by atoms with Crippen molar-refractivity contribution in [3.8, 4) is 11.8 Å². The SMILES string of the molecule is N#Cc1ccccc1OCc1ccc(C(=O)NC2CCS(=O)(=O)c3ccccc32)o1. The zero-order chi connectivity index (χ0) is 21.1. The Bertz CT molecular complexity index is 1240. The van der Waals surface area contributed by atoms with Crippen LogP contribution in [0.2, 0.25) is 0 Å². The first kappa shape index (κ1) is 19.7. The maximum absolute atomic E-state index is 12.6. The lowest BCUT2D eigenvalue weighted by molar-refractivity contribution is 0.0902. The highest BCUT2D eigenvalue weighted by molar-refractivity contribution is 7.91. The fourth-order valence-corrected chi connectivity index (χ4v) is 5.00. The standard InChI is InChI=1S/C22H18N2O5S/c23-13-15-5-1-3-7-19(15)28-14-16-9-10-20(29-16)22(25)24-18-11-12-30(26,27)21-8-4-2-6-17(18)21/h1-10,18H,11-12,14H2,(H,24,25). The van der Waals surface area contributed by atoms with Crippen LogP contribution < -0.4 is 10.1 Å². The van der Waals surface area contributed by atoms with Gasteiger partial charge in [0.1, 0.15) is 24.2 Å². The van der Waals surface area contributed by atoms with Crippen LogP contribution in [-0.4, -0.2) is 20.1 Å². The van der Waals surface area contributed by atoms with Crippen molar-refractivity contribution >= 4 is 15.7 Å². The summed E-state index contributed by atoms with van der Waals surface area (Å²) in [7, 11) is -3.32. The second kappa shape index (κ2) is 8.05. The Morgan fingerprint density at radius 3 is 2.73 bits per heavy atom. The van der Waals surface area contributed by atoms with Gasteiger partial charge in [-0.2, -0.15) is 5.26 Å². The summed E-state index contributed by atoms with van der Waals surface area (Å²) in [6.45, 7) is 0.0660. The lowest BCUT2D eigenvalue weighted by Crippen LogP contribution is -2.33. The lowest BCUT2D eigenvalue weighted by Gasteiger charge is -2.25. The molecule has 1 aliphatic heterocycles. The molecule has 1 amide bonds. The van der Waals surface area contributed by atoms with E-state index in [4.69, 9.17) is 14.4 Å². The predicted molar refractivity (Wildman–Crippen MR) is 108 cm³/mol. The highest BCUT2D eigenvalue weighted by Gasteiger charge is 2.31. The van der Waals surface area contributed by atoms with Crippen molar-refractivity contribution in [1.29, 1.82) is 5.26 Å². The van der Waals surface area contributed by atoms with E-state index in [2.05, 4.69) is 11.4 Å². The molecule has 7 nitrogen and oxygen atoms in total. The van der Waals surface area contributed by atoms with E-state index >= 15 is 0 Å². The van der Waals surface area contributed by atoms with Crippen LogP contribution in [0.1, 0.15) is 39.9 Å². The molecule has 3 aromatic rings. The molecule has 2 heterocycles. The second-order valence-corrected chi connectivity index (χ2v) is 8.91. The maximum Gasteiger partial charge on any atom is 0.287 e. The largest absolute Gasteiger partial charge is 0.484 e. The van der Waals surface area contributed by atoms with Crippen molar-refractivity contribution in [2.24, 2.45) is 0 Å². The minimum Gasteiger partial charge on any atom is -0.484 e. The molecule has 1 atom stereocenters. The number of fused-ring (bicyclic) bond motifs is 1. The molecule has 1 N–H and O–H groups in total. The molecule has 30 heavy (non-hydrogen) atoms. The molecule has 0 bridgehead atoms. The first-order valence-electron chi connectivity index (χ1n) is 9.31. The third-order valence-electron chi connectivity index (χ3n) is 4.87. The van der Waals surface area contributed by atoms with E-state index in [0.29, 0.717) is 29.1 Å². The predicted octanol–water partition coefficient (Wildman–Crippen LogP) is 3.38. The van der Waals surface area contributed by atoms with Crippen LogP contribution in [0.15, 0.2) is 70.0 Å². The summed E-state index contributed by atoms with van der Waals surface area (Å²) < 4.78 is 35.7. The Labute approximate surface area is 173 Å². The molecule has 0 radical (unpaired) electrons. The van der Waals surface area contributed by atoms with Gasteiger partial charge >= 0.3 is 0 Å². The van der Waals surface area contributed by atoms with E-state index in [-0.39, 0.29) is 23.0 Å². The molecular formula is C22H18N2O5S. The van der Waals surface area contributed by atoms with Crippen molar-refractivity contribution in [1.82, 2.24) is 5.32 Å². The molecule has 1 aromatic heterocycles. The van der Waals surface area contributed by atoms with Crippen molar-refractivity contribution in [3.63, 3.8) is 0 Å². The third-order valence-corrected chi connectivity index (χ3v) is 6.69. The summed E-state index contributed by atoms with van der Waals surface area (Å²) in [5.74, 6) is 0.512. The van der Waals surface area contributed by atoms with E-state index in [1.54, 1.807) is 54.6 Å². The first-order valence-corrected chi connectivity index (χ1v) is 11.0. The zero-order valence-electron chi connectivity index (χ0n) is 15.9. The third kappa shape index (κ3) is 3.93. The lowest BCUT2D eigenvalue weighted by atomic mass is 10.0. The Hall–Kier alpha value is -3.57. The number of furan rings is 1. The van der Waals surface area contributed by atoms with Gasteiger partial charge in [0.05, 0.1) is 22.3 Å².